The van der Waals surface area contributed by atoms with Gasteiger partial charge in [-0.1, -0.05) is 77.4 Å². The lowest BCUT2D eigenvalue weighted by Crippen LogP contribution is -2.71. The van der Waals surface area contributed by atoms with Crippen LogP contribution in [-0.2, 0) is 24.0 Å². The van der Waals surface area contributed by atoms with Gasteiger partial charge in [-0.25, -0.2) is 9.78 Å². The molecule has 3 heterocycles. The first kappa shape index (κ1) is 29.4. The maximum absolute atomic E-state index is 13.8. The summed E-state index contributed by atoms with van der Waals surface area (Å²) in [7, 11) is 0. The molecule has 1 fully saturated rings. The molecular formula is C29H26ClN5O5S2. The maximum atomic E-state index is 13.8. The van der Waals surface area contributed by atoms with Gasteiger partial charge < -0.3 is 20.6 Å². The van der Waals surface area contributed by atoms with Gasteiger partial charge in [0.2, 0.25) is 0 Å². The number of oxime groups is 1. The predicted octanol–water partition coefficient (Wildman–Crippen LogP) is 4.21. The number of benzene rings is 2. The number of ether oxygens (including phenoxy) is 1. The van der Waals surface area contributed by atoms with E-state index in [2.05, 4.69) is 15.5 Å². The number of allylic oxidation sites excluding steroid dienone is 1. The molecular weight excluding hydrogens is 598 g/mol. The number of nitrogens with two attached hydrogens (primary N) is 1. The van der Waals surface area contributed by atoms with E-state index in [1.807, 2.05) is 60.7 Å². The topological polar surface area (TPSA) is 136 Å². The van der Waals surface area contributed by atoms with Crippen molar-refractivity contribution < 1.29 is 24.0 Å². The van der Waals surface area contributed by atoms with Gasteiger partial charge in [-0.05, 0) is 29.7 Å². The standard InChI is InChI=1S/C29H26ClN5O5S2/c1-2-39-34-21(20-16-42-29(31)32-20)25(36)33-22-26(37)35-23(19(13-14-30)15-41-27(22)35)28(38)40-24(17-9-5-3-6-10-17)18-11-7-4-8-12-18/h3-14,16,22,24,27H,2,15H2,1H3,(H2,31,32)(H,33,36)/b14-13+,34-21+. The number of esters is 1. The van der Waals surface area contributed by atoms with Crippen molar-refractivity contribution in [1.82, 2.24) is 15.2 Å². The Bertz CT molecular complexity index is 1520. The molecule has 10 nitrogen and oxygen atoms in total. The number of aromatic nitrogens is 1. The van der Waals surface area contributed by atoms with E-state index in [0.29, 0.717) is 11.3 Å². The molecule has 216 valence electrons. The van der Waals surface area contributed by atoms with Crippen LogP contribution in [0.3, 0.4) is 0 Å². The van der Waals surface area contributed by atoms with Crippen LogP contribution >= 0.6 is 34.7 Å². The largest absolute Gasteiger partial charge is 0.448 e. The molecule has 3 N–H and O–H groups in total. The highest BCUT2D eigenvalue weighted by atomic mass is 35.5. The minimum atomic E-state index is -0.923. The molecule has 2 unspecified atom stereocenters. The Morgan fingerprint density at radius 1 is 1.19 bits per heavy atom. The highest BCUT2D eigenvalue weighted by Crippen LogP contribution is 2.42. The van der Waals surface area contributed by atoms with E-state index in [4.69, 9.17) is 26.9 Å². The summed E-state index contributed by atoms with van der Waals surface area (Å²) >= 11 is 8.43. The number of anilines is 1. The zero-order chi connectivity index (χ0) is 29.6. The van der Waals surface area contributed by atoms with Crippen LogP contribution in [0.4, 0.5) is 5.13 Å². The summed E-state index contributed by atoms with van der Waals surface area (Å²) < 4.78 is 6.08. The zero-order valence-corrected chi connectivity index (χ0v) is 24.7. The average Bonchev–Trinajstić information content (AvgIpc) is 3.45. The molecule has 2 amide bonds. The second-order valence-corrected chi connectivity index (χ2v) is 11.3. The molecule has 2 aromatic carbocycles. The average molecular weight is 624 g/mol. The molecule has 2 aliphatic heterocycles. The number of halogens is 1. The van der Waals surface area contributed by atoms with E-state index >= 15 is 0 Å². The SMILES string of the molecule is CCO/N=C(/C(=O)NC1C(=O)N2C(C(=O)OC(c3ccccc3)c3ccccc3)=C(/C=C/Cl)CSC12)c1csc(N)n1. The van der Waals surface area contributed by atoms with E-state index in [1.165, 1.54) is 22.2 Å². The van der Waals surface area contributed by atoms with Crippen molar-refractivity contribution in [3.63, 3.8) is 0 Å². The summed E-state index contributed by atoms with van der Waals surface area (Å²) in [5.41, 5.74) is 9.31. The van der Waals surface area contributed by atoms with Crippen LogP contribution in [0.2, 0.25) is 0 Å². The van der Waals surface area contributed by atoms with Crippen molar-refractivity contribution in [3.8, 4) is 0 Å². The van der Waals surface area contributed by atoms with Gasteiger partial charge in [0.05, 0.1) is 0 Å². The van der Waals surface area contributed by atoms with Gasteiger partial charge in [0, 0.05) is 16.7 Å². The van der Waals surface area contributed by atoms with Crippen LogP contribution < -0.4 is 11.1 Å². The minimum absolute atomic E-state index is 0.0819. The fraction of sp³-hybridized carbons (Fsp3) is 0.207. The van der Waals surface area contributed by atoms with E-state index in [-0.39, 0.29) is 28.8 Å². The number of hydrogen-bond donors (Lipinski definition) is 2. The number of hydrogen-bond acceptors (Lipinski definition) is 10. The molecule has 5 rings (SSSR count). The summed E-state index contributed by atoms with van der Waals surface area (Å²) in [4.78, 5) is 51.1. The third-order valence-corrected chi connectivity index (χ3v) is 8.54. The first-order valence-electron chi connectivity index (χ1n) is 12.9. The molecule has 2 atom stereocenters. The Morgan fingerprint density at radius 3 is 2.43 bits per heavy atom. The van der Waals surface area contributed by atoms with Crippen LogP contribution in [0.1, 0.15) is 29.8 Å². The van der Waals surface area contributed by atoms with Crippen molar-refractivity contribution >= 4 is 63.3 Å². The third-order valence-electron chi connectivity index (χ3n) is 6.44. The number of carbonyl (C=O) groups is 3. The number of amides is 2. The lowest BCUT2D eigenvalue weighted by Gasteiger charge is -2.49. The smallest absolute Gasteiger partial charge is 0.356 e. The quantitative estimate of drug-likeness (QED) is 0.148. The molecule has 1 aromatic heterocycles. The van der Waals surface area contributed by atoms with E-state index < -0.39 is 35.3 Å². The maximum Gasteiger partial charge on any atom is 0.356 e. The lowest BCUT2D eigenvalue weighted by atomic mass is 10.0. The second-order valence-electron chi connectivity index (χ2n) is 9.06. The van der Waals surface area contributed by atoms with Gasteiger partial charge in [0.25, 0.3) is 11.8 Å². The van der Waals surface area contributed by atoms with E-state index in [9.17, 15) is 14.4 Å². The fourth-order valence-corrected chi connectivity index (χ4v) is 6.54. The second kappa shape index (κ2) is 13.2. The summed E-state index contributed by atoms with van der Waals surface area (Å²) in [6.07, 6.45) is 0.858. The van der Waals surface area contributed by atoms with Crippen molar-refractivity contribution in [3.05, 3.63) is 106 Å². The van der Waals surface area contributed by atoms with Crippen LogP contribution in [0.15, 0.2) is 94.1 Å². The molecule has 0 radical (unpaired) electrons. The molecule has 13 heteroatoms. The number of nitrogens with one attached hydrogen (secondary N) is 1. The first-order chi connectivity index (χ1) is 20.4. The highest BCUT2D eigenvalue weighted by Gasteiger charge is 2.54. The van der Waals surface area contributed by atoms with Gasteiger partial charge in [0.1, 0.15) is 29.4 Å². The summed E-state index contributed by atoms with van der Waals surface area (Å²) in [5.74, 6) is -1.45. The third kappa shape index (κ3) is 6.06. The normalized spacial score (nSPS) is 18.6. The monoisotopic (exact) mass is 623 g/mol. The Hall–Kier alpha value is -4.13. The number of nitrogens with zero attached hydrogens (tertiary/aromatic N) is 3. The number of nitrogen functional groups attached to an aromatic ring is 1. The van der Waals surface area contributed by atoms with Crippen molar-refractivity contribution in [2.45, 2.75) is 24.4 Å². The molecule has 2 aliphatic rings. The van der Waals surface area contributed by atoms with Crippen LogP contribution in [0, 0.1) is 0 Å². The van der Waals surface area contributed by atoms with Gasteiger partial charge in [0.15, 0.2) is 16.9 Å². The van der Waals surface area contributed by atoms with Crippen LogP contribution in [-0.4, -0.2) is 57.2 Å². The Balaban J connectivity index is 1.40. The van der Waals surface area contributed by atoms with E-state index in [0.717, 1.165) is 22.5 Å². The van der Waals surface area contributed by atoms with Gasteiger partial charge in [-0.15, -0.1) is 23.1 Å². The van der Waals surface area contributed by atoms with Gasteiger partial charge in [-0.2, -0.15) is 0 Å². The number of thiazole rings is 1. The molecule has 42 heavy (non-hydrogen) atoms. The predicted molar refractivity (Wildman–Crippen MR) is 163 cm³/mol. The summed E-state index contributed by atoms with van der Waals surface area (Å²) in [6.45, 7) is 1.95. The molecule has 1 saturated heterocycles. The Labute approximate surface area is 255 Å². The summed E-state index contributed by atoms with van der Waals surface area (Å²) in [6, 6.07) is 17.8. The number of fused-ring (bicyclic) bond motifs is 1. The van der Waals surface area contributed by atoms with Gasteiger partial charge >= 0.3 is 5.97 Å². The number of thioether (sulfide) groups is 1. The van der Waals surface area contributed by atoms with Crippen molar-refractivity contribution in [2.75, 3.05) is 18.1 Å². The van der Waals surface area contributed by atoms with Crippen molar-refractivity contribution in [1.29, 1.82) is 0 Å². The fourth-order valence-electron chi connectivity index (χ4n) is 4.52. The lowest BCUT2D eigenvalue weighted by molar-refractivity contribution is -0.154. The zero-order valence-electron chi connectivity index (χ0n) is 22.3. The molecule has 0 bridgehead atoms. The highest BCUT2D eigenvalue weighted by molar-refractivity contribution is 8.00. The van der Waals surface area contributed by atoms with Crippen LogP contribution in [0.25, 0.3) is 0 Å². The molecule has 3 aromatic rings. The number of carbonyl (C=O) groups excluding carboxylic acids is 3. The first-order valence-corrected chi connectivity index (χ1v) is 15.3. The number of β-lactam (4-membered cyclic amide) rings is 1. The van der Waals surface area contributed by atoms with Crippen LogP contribution in [0.5, 0.6) is 0 Å². The van der Waals surface area contributed by atoms with Gasteiger partial charge in [-0.3, -0.25) is 14.5 Å². The summed E-state index contributed by atoms with van der Waals surface area (Å²) in [5, 5.41) is 7.89. The molecule has 0 saturated carbocycles. The number of rotatable bonds is 10. The Kier molecular flexibility index (Phi) is 9.25. The molecule has 0 aliphatic carbocycles. The van der Waals surface area contributed by atoms with E-state index in [1.54, 1.807) is 18.4 Å². The minimum Gasteiger partial charge on any atom is -0.448 e. The Morgan fingerprint density at radius 2 is 1.86 bits per heavy atom. The van der Waals surface area contributed by atoms with Crippen molar-refractivity contribution in [2.24, 2.45) is 5.16 Å². The molecule has 0 spiro atoms.